The summed E-state index contributed by atoms with van der Waals surface area (Å²) in [6.45, 7) is 5.98. The van der Waals surface area contributed by atoms with Crippen LogP contribution in [-0.2, 0) is 16.1 Å². The number of thiophene rings is 1. The number of pyridine rings is 2. The topological polar surface area (TPSA) is 84.4 Å². The van der Waals surface area contributed by atoms with E-state index < -0.39 is 0 Å². The number of carbonyl (C=O) groups excluding carboxylic acids is 2. The summed E-state index contributed by atoms with van der Waals surface area (Å²) in [6, 6.07) is 5.75. The number of fused-ring (bicyclic) bond motifs is 2. The third-order valence-corrected chi connectivity index (χ3v) is 8.42. The van der Waals surface area contributed by atoms with E-state index in [0.717, 1.165) is 45.7 Å². The van der Waals surface area contributed by atoms with Crippen molar-refractivity contribution in [2.24, 2.45) is 17.3 Å². The Labute approximate surface area is 224 Å². The number of carbonyl (C=O) groups is 2. The summed E-state index contributed by atoms with van der Waals surface area (Å²) in [5.74, 6) is 0.0922. The van der Waals surface area contributed by atoms with Crippen LogP contribution in [0.2, 0.25) is 5.02 Å². The highest BCUT2D eigenvalue weighted by molar-refractivity contribution is 7.19. The van der Waals surface area contributed by atoms with Crippen LogP contribution in [0, 0.1) is 17.3 Å². The number of amides is 2. The highest BCUT2D eigenvalue weighted by Crippen LogP contribution is 2.63. The number of rotatable bonds is 5. The minimum Gasteiger partial charge on any atom is -0.473 e. The second-order valence-electron chi connectivity index (χ2n) is 9.56. The minimum atomic E-state index is -0.204. The van der Waals surface area contributed by atoms with Crippen molar-refractivity contribution < 1.29 is 14.3 Å². The Hall–Kier alpha value is -1.97. The standard InChI is InChI=1S/C24H23ClN4O3S.2ClH/c1-24(2)18-19(24)23(31)29(22(18)30)11-14-8-17-20(33-14)15(4-6-27-17)16-7-12(25)9-28-21(16)32-13-3-5-26-10-13;;/h4,6-9,13,18-19,26H,3,5,10-11H2,1-2H3;2*1H. The van der Waals surface area contributed by atoms with Gasteiger partial charge in [-0.3, -0.25) is 19.5 Å². The summed E-state index contributed by atoms with van der Waals surface area (Å²) in [5.41, 5.74) is 2.34. The fourth-order valence-corrected chi connectivity index (χ4v) is 6.48. The lowest BCUT2D eigenvalue weighted by atomic mass is 10.1. The largest absolute Gasteiger partial charge is 0.473 e. The monoisotopic (exact) mass is 554 g/mol. The summed E-state index contributed by atoms with van der Waals surface area (Å²) in [5, 5.41) is 3.83. The van der Waals surface area contributed by atoms with Crippen molar-refractivity contribution in [2.45, 2.75) is 32.9 Å². The van der Waals surface area contributed by atoms with Gasteiger partial charge in [-0.15, -0.1) is 36.2 Å². The molecule has 3 aliphatic rings. The van der Waals surface area contributed by atoms with Crippen LogP contribution in [0.15, 0.2) is 30.6 Å². The molecule has 2 amide bonds. The van der Waals surface area contributed by atoms with Gasteiger partial charge in [0.15, 0.2) is 0 Å². The quantitative estimate of drug-likeness (QED) is 0.458. The lowest BCUT2D eigenvalue weighted by Gasteiger charge is -2.19. The summed E-state index contributed by atoms with van der Waals surface area (Å²) < 4.78 is 7.15. The van der Waals surface area contributed by atoms with Crippen LogP contribution in [0.3, 0.4) is 0 Å². The molecule has 11 heteroatoms. The molecule has 7 nitrogen and oxygen atoms in total. The van der Waals surface area contributed by atoms with Crippen molar-refractivity contribution in [3.8, 4) is 17.0 Å². The van der Waals surface area contributed by atoms with E-state index >= 15 is 0 Å². The summed E-state index contributed by atoms with van der Waals surface area (Å²) in [4.78, 5) is 36.9. The smallest absolute Gasteiger partial charge is 0.234 e. The highest BCUT2D eigenvalue weighted by atomic mass is 35.5. The van der Waals surface area contributed by atoms with E-state index in [2.05, 4.69) is 15.3 Å². The first-order chi connectivity index (χ1) is 15.8. The number of hydrogen-bond donors (Lipinski definition) is 1. The average molecular weight is 556 g/mol. The molecule has 3 aromatic heterocycles. The Morgan fingerprint density at radius 2 is 1.91 bits per heavy atom. The Balaban J connectivity index is 0.00000144. The summed E-state index contributed by atoms with van der Waals surface area (Å²) in [7, 11) is 0. The normalized spacial score (nSPS) is 24.2. The van der Waals surface area contributed by atoms with E-state index in [1.807, 2.05) is 32.0 Å². The second kappa shape index (κ2) is 9.48. The molecular weight excluding hydrogens is 531 g/mol. The van der Waals surface area contributed by atoms with Crippen molar-refractivity contribution in [3.63, 3.8) is 0 Å². The molecule has 3 fully saturated rings. The molecule has 3 unspecified atom stereocenters. The van der Waals surface area contributed by atoms with Gasteiger partial charge in [0, 0.05) is 34.9 Å². The van der Waals surface area contributed by atoms with Crippen molar-refractivity contribution in [3.05, 3.63) is 40.5 Å². The van der Waals surface area contributed by atoms with Crippen molar-refractivity contribution in [2.75, 3.05) is 13.1 Å². The molecule has 3 atom stereocenters. The number of ether oxygens (including phenoxy) is 1. The molecule has 1 N–H and O–H groups in total. The Bertz CT molecular complexity index is 1280. The van der Waals surface area contributed by atoms with E-state index in [-0.39, 0.29) is 66.5 Å². The number of likely N-dealkylation sites (tertiary alicyclic amines) is 1. The third-order valence-electron chi connectivity index (χ3n) is 7.07. The molecule has 0 spiro atoms. The van der Waals surface area contributed by atoms with Gasteiger partial charge in [0.25, 0.3) is 0 Å². The SMILES string of the molecule is CC1(C)C2C(=O)N(Cc3cc4nccc(-c5cc(Cl)cnc5OC5CCNC5)c4s3)C(=O)C21.Cl.Cl. The summed E-state index contributed by atoms with van der Waals surface area (Å²) in [6.07, 6.45) is 4.34. The van der Waals surface area contributed by atoms with Crippen LogP contribution in [0.4, 0.5) is 0 Å². The zero-order valence-corrected chi connectivity index (χ0v) is 22.3. The number of halogens is 3. The van der Waals surface area contributed by atoms with Crippen LogP contribution in [0.25, 0.3) is 21.3 Å². The lowest BCUT2D eigenvalue weighted by Crippen LogP contribution is -2.35. The van der Waals surface area contributed by atoms with Gasteiger partial charge < -0.3 is 10.1 Å². The van der Waals surface area contributed by atoms with E-state index in [1.165, 1.54) is 16.2 Å². The molecule has 0 bridgehead atoms. The van der Waals surface area contributed by atoms with E-state index in [1.54, 1.807) is 12.4 Å². The van der Waals surface area contributed by atoms with Gasteiger partial charge in [-0.25, -0.2) is 4.98 Å². The molecule has 2 saturated heterocycles. The van der Waals surface area contributed by atoms with Gasteiger partial charge in [0.1, 0.15) is 6.10 Å². The van der Waals surface area contributed by atoms with Gasteiger partial charge in [-0.2, -0.15) is 0 Å². The lowest BCUT2D eigenvalue weighted by molar-refractivity contribution is -0.143. The fraction of sp³-hybridized carbons (Fsp3) is 0.417. The maximum atomic E-state index is 12.8. The molecule has 1 saturated carbocycles. The fourth-order valence-electron chi connectivity index (χ4n) is 5.19. The number of aromatic nitrogens is 2. The molecule has 0 radical (unpaired) electrons. The molecule has 35 heavy (non-hydrogen) atoms. The highest BCUT2D eigenvalue weighted by Gasteiger charge is 2.72. The van der Waals surface area contributed by atoms with E-state index in [0.29, 0.717) is 10.9 Å². The third kappa shape index (κ3) is 4.29. The van der Waals surface area contributed by atoms with Crippen molar-refractivity contribution in [1.29, 1.82) is 0 Å². The number of hydrogen-bond acceptors (Lipinski definition) is 7. The first kappa shape index (κ1) is 26.1. The van der Waals surface area contributed by atoms with Crippen LogP contribution in [0.5, 0.6) is 5.88 Å². The van der Waals surface area contributed by atoms with Gasteiger partial charge in [-0.05, 0) is 36.6 Å². The van der Waals surface area contributed by atoms with Crippen LogP contribution in [-0.4, -0.2) is 45.9 Å². The predicted molar refractivity (Wildman–Crippen MR) is 141 cm³/mol. The zero-order valence-electron chi connectivity index (χ0n) is 19.1. The van der Waals surface area contributed by atoms with Crippen LogP contribution >= 0.6 is 47.8 Å². The molecule has 0 aromatic carbocycles. The van der Waals surface area contributed by atoms with Crippen LogP contribution < -0.4 is 10.1 Å². The van der Waals surface area contributed by atoms with E-state index in [4.69, 9.17) is 16.3 Å². The molecule has 6 rings (SSSR count). The molecule has 1 aliphatic carbocycles. The second-order valence-corrected chi connectivity index (χ2v) is 11.1. The minimum absolute atomic E-state index is 0. The number of nitrogens with zero attached hydrogens (tertiary/aromatic N) is 3. The maximum absolute atomic E-state index is 12.8. The Morgan fingerprint density at radius 1 is 1.17 bits per heavy atom. The van der Waals surface area contributed by atoms with Gasteiger partial charge in [0.2, 0.25) is 17.7 Å². The first-order valence-electron chi connectivity index (χ1n) is 11.1. The molecule has 3 aromatic rings. The molecule has 5 heterocycles. The number of piperidine rings is 1. The van der Waals surface area contributed by atoms with Gasteiger partial charge >= 0.3 is 0 Å². The predicted octanol–water partition coefficient (Wildman–Crippen LogP) is 4.74. The molecule has 2 aliphatic heterocycles. The molecular formula is C24H25Cl3N4O3S. The molecule has 186 valence electrons. The number of imide groups is 1. The number of nitrogens with one attached hydrogen (secondary N) is 1. The summed E-state index contributed by atoms with van der Waals surface area (Å²) >= 11 is 7.84. The maximum Gasteiger partial charge on any atom is 0.234 e. The zero-order chi connectivity index (χ0) is 22.9. The van der Waals surface area contributed by atoms with E-state index in [9.17, 15) is 9.59 Å². The Kier molecular flexibility index (Phi) is 7.07. The average Bonchev–Trinajstić information content (AvgIpc) is 3.23. The Morgan fingerprint density at radius 3 is 2.60 bits per heavy atom. The van der Waals surface area contributed by atoms with Crippen LogP contribution in [0.1, 0.15) is 25.1 Å². The van der Waals surface area contributed by atoms with Gasteiger partial charge in [0.05, 0.1) is 33.6 Å². The van der Waals surface area contributed by atoms with Crippen molar-refractivity contribution in [1.82, 2.24) is 20.2 Å². The van der Waals surface area contributed by atoms with Crippen molar-refractivity contribution >= 4 is 69.8 Å². The van der Waals surface area contributed by atoms with Gasteiger partial charge in [-0.1, -0.05) is 25.4 Å². The first-order valence-corrected chi connectivity index (χ1v) is 12.3.